The van der Waals surface area contributed by atoms with Gasteiger partial charge in [0.2, 0.25) is 17.7 Å². The Labute approximate surface area is 148 Å². The number of hydrogen-bond donors (Lipinski definition) is 3. The molecule has 1 atom stereocenters. The summed E-state index contributed by atoms with van der Waals surface area (Å²) in [6.07, 6.45) is -0.0100. The summed E-state index contributed by atoms with van der Waals surface area (Å²) in [4.78, 5) is 36.3. The van der Waals surface area contributed by atoms with E-state index >= 15 is 0 Å². The third kappa shape index (κ3) is 5.40. The first kappa shape index (κ1) is 18.6. The molecule has 7 nitrogen and oxygen atoms in total. The number of benzene rings is 1. The average Bonchev–Trinajstić information content (AvgIpc) is 2.54. The number of rotatable bonds is 7. The van der Waals surface area contributed by atoms with Crippen LogP contribution in [0, 0.1) is 0 Å². The monoisotopic (exact) mass is 371 g/mol. The molecule has 1 heterocycles. The number of carbonyl (C=O) groups excluding carboxylic acids is 3. The van der Waals surface area contributed by atoms with Crippen LogP contribution in [0.2, 0.25) is 5.02 Å². The van der Waals surface area contributed by atoms with Gasteiger partial charge in [0.1, 0.15) is 0 Å². The molecule has 9 heteroatoms. The molecule has 1 aliphatic rings. The molecule has 3 amide bonds. The van der Waals surface area contributed by atoms with Crippen molar-refractivity contribution >= 4 is 46.8 Å². The van der Waals surface area contributed by atoms with Gasteiger partial charge in [-0.05, 0) is 18.2 Å². The zero-order chi connectivity index (χ0) is 17.5. The van der Waals surface area contributed by atoms with Crippen LogP contribution < -0.4 is 16.0 Å². The SMILES string of the molecule is COCCNC(=O)CNC(=O)CC1Sc2ccc(Cl)cc2NC1=O. The minimum atomic E-state index is -0.546. The summed E-state index contributed by atoms with van der Waals surface area (Å²) in [5, 5.41) is 7.82. The summed E-state index contributed by atoms with van der Waals surface area (Å²) in [6.45, 7) is 0.654. The highest BCUT2D eigenvalue weighted by atomic mass is 35.5. The lowest BCUT2D eigenvalue weighted by atomic mass is 10.2. The van der Waals surface area contributed by atoms with Crippen LogP contribution in [-0.4, -0.2) is 49.8 Å². The number of thioether (sulfide) groups is 1. The maximum Gasteiger partial charge on any atom is 0.239 e. The fraction of sp³-hybridized carbons (Fsp3) is 0.400. The van der Waals surface area contributed by atoms with Crippen LogP contribution in [-0.2, 0) is 19.1 Å². The lowest BCUT2D eigenvalue weighted by Gasteiger charge is -2.23. The van der Waals surface area contributed by atoms with Gasteiger partial charge in [-0.1, -0.05) is 11.6 Å². The van der Waals surface area contributed by atoms with E-state index in [9.17, 15) is 14.4 Å². The van der Waals surface area contributed by atoms with Crippen molar-refractivity contribution in [3.8, 4) is 0 Å². The van der Waals surface area contributed by atoms with Crippen LogP contribution in [0.1, 0.15) is 6.42 Å². The molecule has 0 saturated carbocycles. The molecule has 130 valence electrons. The van der Waals surface area contributed by atoms with E-state index in [0.717, 1.165) is 4.90 Å². The summed E-state index contributed by atoms with van der Waals surface area (Å²) >= 11 is 7.20. The third-order valence-electron chi connectivity index (χ3n) is 3.21. The Kier molecular flexibility index (Phi) is 6.89. The fourth-order valence-electron chi connectivity index (χ4n) is 2.03. The van der Waals surface area contributed by atoms with Crippen LogP contribution in [0.15, 0.2) is 23.1 Å². The van der Waals surface area contributed by atoms with E-state index in [1.807, 2.05) is 0 Å². The zero-order valence-electron chi connectivity index (χ0n) is 13.1. The van der Waals surface area contributed by atoms with Crippen molar-refractivity contribution in [2.75, 3.05) is 32.1 Å². The van der Waals surface area contributed by atoms with Gasteiger partial charge in [-0.2, -0.15) is 0 Å². The van der Waals surface area contributed by atoms with E-state index in [2.05, 4.69) is 16.0 Å². The van der Waals surface area contributed by atoms with Crippen molar-refractivity contribution in [1.82, 2.24) is 10.6 Å². The minimum absolute atomic E-state index is 0.0100. The van der Waals surface area contributed by atoms with Crippen molar-refractivity contribution in [2.45, 2.75) is 16.6 Å². The van der Waals surface area contributed by atoms with E-state index < -0.39 is 5.25 Å². The van der Waals surface area contributed by atoms with Gasteiger partial charge in [-0.25, -0.2) is 0 Å². The van der Waals surface area contributed by atoms with E-state index in [1.54, 1.807) is 18.2 Å². The fourth-order valence-corrected chi connectivity index (χ4v) is 3.29. The molecule has 0 aromatic heterocycles. The van der Waals surface area contributed by atoms with E-state index in [1.165, 1.54) is 18.9 Å². The lowest BCUT2D eigenvalue weighted by molar-refractivity contribution is -0.127. The number of fused-ring (bicyclic) bond motifs is 1. The first-order valence-corrected chi connectivity index (χ1v) is 8.54. The van der Waals surface area contributed by atoms with Gasteiger partial charge >= 0.3 is 0 Å². The Bertz CT molecular complexity index is 641. The first-order valence-electron chi connectivity index (χ1n) is 7.29. The quantitative estimate of drug-likeness (QED) is 0.622. The number of ether oxygens (including phenoxy) is 1. The number of anilines is 1. The maximum atomic E-state index is 12.1. The second-order valence-corrected chi connectivity index (χ2v) is 6.74. The third-order valence-corrected chi connectivity index (χ3v) is 4.72. The minimum Gasteiger partial charge on any atom is -0.383 e. The first-order chi connectivity index (χ1) is 11.5. The Balaban J connectivity index is 1.81. The molecule has 24 heavy (non-hydrogen) atoms. The van der Waals surface area contributed by atoms with Crippen LogP contribution >= 0.6 is 23.4 Å². The topological polar surface area (TPSA) is 96.5 Å². The van der Waals surface area contributed by atoms with Gasteiger partial charge in [0.15, 0.2) is 0 Å². The highest BCUT2D eigenvalue weighted by Gasteiger charge is 2.29. The maximum absolute atomic E-state index is 12.1. The molecule has 0 spiro atoms. The number of carbonyl (C=O) groups is 3. The molecule has 0 saturated heterocycles. The van der Waals surface area contributed by atoms with E-state index in [4.69, 9.17) is 16.3 Å². The normalized spacial score (nSPS) is 16.1. The van der Waals surface area contributed by atoms with Crippen molar-refractivity contribution < 1.29 is 19.1 Å². The molecule has 1 aliphatic heterocycles. The van der Waals surface area contributed by atoms with Crippen molar-refractivity contribution in [3.05, 3.63) is 23.2 Å². The zero-order valence-corrected chi connectivity index (χ0v) is 14.6. The van der Waals surface area contributed by atoms with Crippen molar-refractivity contribution in [3.63, 3.8) is 0 Å². The number of amides is 3. The molecule has 2 rings (SSSR count). The van der Waals surface area contributed by atoms with Crippen LogP contribution in [0.5, 0.6) is 0 Å². The van der Waals surface area contributed by atoms with Crippen LogP contribution in [0.4, 0.5) is 5.69 Å². The predicted octanol–water partition coefficient (Wildman–Crippen LogP) is 1.02. The van der Waals surface area contributed by atoms with Gasteiger partial charge in [0.25, 0.3) is 0 Å². The van der Waals surface area contributed by atoms with Crippen LogP contribution in [0.25, 0.3) is 0 Å². The smallest absolute Gasteiger partial charge is 0.239 e. The van der Waals surface area contributed by atoms with Gasteiger partial charge < -0.3 is 20.7 Å². The number of nitrogens with one attached hydrogen (secondary N) is 3. The summed E-state index contributed by atoms with van der Waals surface area (Å²) in [7, 11) is 1.53. The van der Waals surface area contributed by atoms with Gasteiger partial charge in [-0.3, -0.25) is 14.4 Å². The second kappa shape index (κ2) is 8.91. The lowest BCUT2D eigenvalue weighted by Crippen LogP contribution is -2.40. The molecule has 3 N–H and O–H groups in total. The van der Waals surface area contributed by atoms with E-state index in [-0.39, 0.29) is 30.7 Å². The molecule has 0 radical (unpaired) electrons. The molecule has 1 aromatic rings. The summed E-state index contributed by atoms with van der Waals surface area (Å²) in [5.74, 6) is -0.919. The van der Waals surface area contributed by atoms with Gasteiger partial charge in [-0.15, -0.1) is 11.8 Å². The molecule has 0 bridgehead atoms. The standard InChI is InChI=1S/C15H18ClN3O4S/c1-23-5-4-17-14(21)8-18-13(20)7-12-15(22)19-10-6-9(16)2-3-11(10)24-12/h2-3,6,12H,4-5,7-8H2,1H3,(H,17,21)(H,18,20)(H,19,22). The number of methoxy groups -OCH3 is 1. The van der Waals surface area contributed by atoms with Crippen molar-refractivity contribution in [2.24, 2.45) is 0 Å². The summed E-state index contributed by atoms with van der Waals surface area (Å²) < 4.78 is 4.81. The molecule has 0 aliphatic carbocycles. The molecular formula is C15H18ClN3O4S. The number of halogens is 1. The molecular weight excluding hydrogens is 354 g/mol. The Morgan fingerprint density at radius 1 is 1.33 bits per heavy atom. The Morgan fingerprint density at radius 2 is 2.12 bits per heavy atom. The second-order valence-electron chi connectivity index (χ2n) is 5.06. The molecule has 1 unspecified atom stereocenters. The highest BCUT2D eigenvalue weighted by molar-refractivity contribution is 8.01. The highest BCUT2D eigenvalue weighted by Crippen LogP contribution is 2.38. The largest absolute Gasteiger partial charge is 0.383 e. The van der Waals surface area contributed by atoms with E-state index in [0.29, 0.717) is 23.9 Å². The molecule has 1 aromatic carbocycles. The summed E-state index contributed by atoms with van der Waals surface area (Å²) in [5.41, 5.74) is 0.645. The summed E-state index contributed by atoms with van der Waals surface area (Å²) in [6, 6.07) is 5.20. The van der Waals surface area contributed by atoms with Gasteiger partial charge in [0.05, 0.1) is 24.1 Å². The Hall–Kier alpha value is -1.77. The van der Waals surface area contributed by atoms with Crippen LogP contribution in [0.3, 0.4) is 0 Å². The molecule has 0 fully saturated rings. The average molecular weight is 372 g/mol. The predicted molar refractivity (Wildman–Crippen MR) is 92.2 cm³/mol. The van der Waals surface area contributed by atoms with Gasteiger partial charge in [0, 0.05) is 30.0 Å². The number of hydrogen-bond acceptors (Lipinski definition) is 5. The Morgan fingerprint density at radius 3 is 2.88 bits per heavy atom. The van der Waals surface area contributed by atoms with Crippen molar-refractivity contribution in [1.29, 1.82) is 0 Å².